The minimum atomic E-state index is -1.23. The lowest BCUT2D eigenvalue weighted by atomic mass is 10.3. The summed E-state index contributed by atoms with van der Waals surface area (Å²) in [5.41, 5.74) is 0. The van der Waals surface area contributed by atoms with E-state index in [-0.39, 0.29) is 6.61 Å². The zero-order chi connectivity index (χ0) is 10.3. The van der Waals surface area contributed by atoms with Crippen molar-refractivity contribution in [2.45, 2.75) is 12.7 Å². The van der Waals surface area contributed by atoms with Crippen LogP contribution in [0.4, 0.5) is 0 Å². The molecular weight excluding hydrogens is 188 g/mol. The summed E-state index contributed by atoms with van der Waals surface area (Å²) in [6.45, 7) is 4.62. The van der Waals surface area contributed by atoms with Crippen molar-refractivity contribution in [3.8, 4) is 0 Å². The van der Waals surface area contributed by atoms with Gasteiger partial charge in [-0.25, -0.2) is 0 Å². The molecule has 1 fully saturated rings. The first-order valence-electron chi connectivity index (χ1n) is 4.80. The highest BCUT2D eigenvalue weighted by Gasteiger charge is 2.21. The quantitative estimate of drug-likeness (QED) is 0.593. The molecule has 14 heavy (non-hydrogen) atoms. The van der Waals surface area contributed by atoms with E-state index in [1.54, 1.807) is 6.92 Å². The molecule has 5 nitrogen and oxygen atoms in total. The fourth-order valence-corrected chi connectivity index (χ4v) is 1.06. The molecule has 1 aliphatic rings. The molecule has 0 aliphatic carbocycles. The van der Waals surface area contributed by atoms with Gasteiger partial charge in [0.1, 0.15) is 6.61 Å². The van der Waals surface area contributed by atoms with E-state index < -0.39 is 5.79 Å². The fraction of sp³-hybridized carbons (Fsp3) is 1.00. The second kappa shape index (κ2) is 6.31. The van der Waals surface area contributed by atoms with Gasteiger partial charge in [0, 0.05) is 0 Å². The zero-order valence-corrected chi connectivity index (χ0v) is 8.53. The van der Waals surface area contributed by atoms with Crippen LogP contribution in [0.15, 0.2) is 0 Å². The lowest BCUT2D eigenvalue weighted by Crippen LogP contribution is -2.36. The molecule has 1 unspecified atom stereocenters. The maximum absolute atomic E-state index is 9.61. The van der Waals surface area contributed by atoms with Gasteiger partial charge in [0.15, 0.2) is 5.79 Å². The van der Waals surface area contributed by atoms with E-state index in [0.29, 0.717) is 39.6 Å². The Hall–Kier alpha value is -0.200. The molecule has 0 saturated carbocycles. The van der Waals surface area contributed by atoms with Gasteiger partial charge in [0.05, 0.1) is 39.6 Å². The van der Waals surface area contributed by atoms with E-state index in [1.807, 2.05) is 0 Å². The van der Waals surface area contributed by atoms with Crippen molar-refractivity contribution in [2.75, 3.05) is 46.2 Å². The molecule has 1 aliphatic heterocycles. The summed E-state index contributed by atoms with van der Waals surface area (Å²) in [6, 6.07) is 0. The molecule has 0 aromatic carbocycles. The molecule has 0 aromatic rings. The van der Waals surface area contributed by atoms with E-state index in [1.165, 1.54) is 0 Å². The van der Waals surface area contributed by atoms with Gasteiger partial charge in [-0.15, -0.1) is 0 Å². The minimum Gasteiger partial charge on any atom is -0.377 e. The number of hydrogen-bond donors (Lipinski definition) is 1. The van der Waals surface area contributed by atoms with Crippen molar-refractivity contribution in [2.24, 2.45) is 0 Å². The van der Waals surface area contributed by atoms with Crippen LogP contribution >= 0.6 is 0 Å². The van der Waals surface area contributed by atoms with Gasteiger partial charge in [-0.3, -0.25) is 0 Å². The first-order valence-corrected chi connectivity index (χ1v) is 4.80. The molecule has 0 aromatic heterocycles. The molecular formula is C9H18O5. The van der Waals surface area contributed by atoms with Crippen LogP contribution in [0, 0.1) is 0 Å². The Morgan fingerprint density at radius 1 is 0.857 bits per heavy atom. The molecule has 84 valence electrons. The van der Waals surface area contributed by atoms with Crippen LogP contribution in [0.1, 0.15) is 6.92 Å². The van der Waals surface area contributed by atoms with E-state index in [9.17, 15) is 5.11 Å². The number of ether oxygens (including phenoxy) is 4. The Balaban J connectivity index is 2.24. The summed E-state index contributed by atoms with van der Waals surface area (Å²) < 4.78 is 20.7. The lowest BCUT2D eigenvalue weighted by molar-refractivity contribution is -0.228. The summed E-state index contributed by atoms with van der Waals surface area (Å²) in [6.07, 6.45) is 0. The predicted molar refractivity (Wildman–Crippen MR) is 49.0 cm³/mol. The number of aliphatic hydroxyl groups is 1. The monoisotopic (exact) mass is 206 g/mol. The zero-order valence-electron chi connectivity index (χ0n) is 8.53. The highest BCUT2D eigenvalue weighted by atomic mass is 16.7. The Bertz CT molecular complexity index is 134. The minimum absolute atomic E-state index is 0.149. The van der Waals surface area contributed by atoms with Crippen molar-refractivity contribution in [3.05, 3.63) is 0 Å². The summed E-state index contributed by atoms with van der Waals surface area (Å²) >= 11 is 0. The normalized spacial score (nSPS) is 33.0. The molecule has 1 N–H and O–H groups in total. The molecule has 0 radical (unpaired) electrons. The van der Waals surface area contributed by atoms with Crippen molar-refractivity contribution in [1.29, 1.82) is 0 Å². The predicted octanol–water partition coefficient (Wildman–Crippen LogP) is -0.225. The van der Waals surface area contributed by atoms with Crippen LogP contribution in [-0.2, 0) is 18.9 Å². The maximum Gasteiger partial charge on any atom is 0.186 e. The van der Waals surface area contributed by atoms with Gasteiger partial charge in [-0.1, -0.05) is 0 Å². The molecule has 0 amide bonds. The summed E-state index contributed by atoms with van der Waals surface area (Å²) in [4.78, 5) is 0. The molecule has 1 heterocycles. The standard InChI is InChI=1S/C9H18O5/c1-9(10)8-13-5-4-11-2-3-12-6-7-14-9/h10H,2-8H2,1H3. The highest BCUT2D eigenvalue weighted by Crippen LogP contribution is 2.06. The van der Waals surface area contributed by atoms with Gasteiger partial charge in [-0.2, -0.15) is 0 Å². The van der Waals surface area contributed by atoms with E-state index in [0.717, 1.165) is 0 Å². The van der Waals surface area contributed by atoms with Crippen molar-refractivity contribution in [3.63, 3.8) is 0 Å². The van der Waals surface area contributed by atoms with Crippen LogP contribution in [0.5, 0.6) is 0 Å². The Labute approximate surface area is 83.9 Å². The Kier molecular flexibility index (Phi) is 5.36. The summed E-state index contributed by atoms with van der Waals surface area (Å²) in [7, 11) is 0. The van der Waals surface area contributed by atoms with Gasteiger partial charge >= 0.3 is 0 Å². The first kappa shape index (κ1) is 11.9. The lowest BCUT2D eigenvalue weighted by Gasteiger charge is -2.24. The smallest absolute Gasteiger partial charge is 0.186 e. The largest absolute Gasteiger partial charge is 0.377 e. The summed E-state index contributed by atoms with van der Waals surface area (Å²) in [5.74, 6) is -1.23. The van der Waals surface area contributed by atoms with E-state index in [4.69, 9.17) is 18.9 Å². The molecule has 0 bridgehead atoms. The van der Waals surface area contributed by atoms with Crippen molar-refractivity contribution >= 4 is 0 Å². The molecule has 5 heteroatoms. The molecule has 1 saturated heterocycles. The first-order chi connectivity index (χ1) is 6.71. The van der Waals surface area contributed by atoms with Gasteiger partial charge in [0.2, 0.25) is 0 Å². The van der Waals surface area contributed by atoms with Gasteiger partial charge in [-0.05, 0) is 6.92 Å². The van der Waals surface area contributed by atoms with Crippen LogP contribution in [0.2, 0.25) is 0 Å². The average molecular weight is 206 g/mol. The number of hydrogen-bond acceptors (Lipinski definition) is 5. The summed E-state index contributed by atoms with van der Waals surface area (Å²) in [5, 5.41) is 9.61. The fourth-order valence-electron chi connectivity index (χ4n) is 1.06. The second-order valence-corrected chi connectivity index (χ2v) is 3.30. The van der Waals surface area contributed by atoms with Crippen LogP contribution in [-0.4, -0.2) is 57.1 Å². The van der Waals surface area contributed by atoms with Crippen LogP contribution in [0.25, 0.3) is 0 Å². The highest BCUT2D eigenvalue weighted by molar-refractivity contribution is 4.58. The van der Waals surface area contributed by atoms with Crippen LogP contribution < -0.4 is 0 Å². The number of rotatable bonds is 0. The van der Waals surface area contributed by atoms with Crippen LogP contribution in [0.3, 0.4) is 0 Å². The third kappa shape index (κ3) is 5.51. The Morgan fingerprint density at radius 2 is 1.36 bits per heavy atom. The Morgan fingerprint density at radius 3 is 2.00 bits per heavy atom. The van der Waals surface area contributed by atoms with E-state index >= 15 is 0 Å². The van der Waals surface area contributed by atoms with Gasteiger partial charge in [0.25, 0.3) is 0 Å². The van der Waals surface area contributed by atoms with Gasteiger partial charge < -0.3 is 24.1 Å². The molecule has 0 spiro atoms. The van der Waals surface area contributed by atoms with E-state index in [2.05, 4.69) is 0 Å². The SMILES string of the molecule is CC1(O)COCCOCCOCCO1. The third-order valence-corrected chi connectivity index (χ3v) is 1.75. The van der Waals surface area contributed by atoms with Crippen molar-refractivity contribution < 1.29 is 24.1 Å². The topological polar surface area (TPSA) is 57.2 Å². The molecule has 1 rings (SSSR count). The third-order valence-electron chi connectivity index (χ3n) is 1.75. The molecule has 1 atom stereocenters. The van der Waals surface area contributed by atoms with Crippen molar-refractivity contribution in [1.82, 2.24) is 0 Å². The maximum atomic E-state index is 9.61. The average Bonchev–Trinajstić information content (AvgIpc) is 2.11. The second-order valence-electron chi connectivity index (χ2n) is 3.30.